The summed E-state index contributed by atoms with van der Waals surface area (Å²) in [6.45, 7) is 2.79. The summed E-state index contributed by atoms with van der Waals surface area (Å²) < 4.78 is 0. The Labute approximate surface area is 118 Å². The van der Waals surface area contributed by atoms with Gasteiger partial charge in [0.1, 0.15) is 10.8 Å². The fourth-order valence-corrected chi connectivity index (χ4v) is 2.52. The molecule has 0 amide bonds. The molecule has 0 saturated carbocycles. The molecule has 0 fully saturated rings. The number of H-pyrrole nitrogens is 1. The first-order valence-corrected chi connectivity index (χ1v) is 7.65. The van der Waals surface area contributed by atoms with E-state index in [0.29, 0.717) is 10.3 Å². The van der Waals surface area contributed by atoms with Crippen molar-refractivity contribution in [2.24, 2.45) is 0 Å². The first kappa shape index (κ1) is 13.9. The van der Waals surface area contributed by atoms with E-state index in [1.165, 1.54) is 35.8 Å². The van der Waals surface area contributed by atoms with Crippen molar-refractivity contribution in [1.82, 2.24) is 19.9 Å². The smallest absolute Gasteiger partial charge is 0.251 e. The predicted molar refractivity (Wildman–Crippen MR) is 77.0 cm³/mol. The fraction of sp³-hybridized carbons (Fsp3) is 0.273. The van der Waals surface area contributed by atoms with E-state index in [-0.39, 0.29) is 5.56 Å². The van der Waals surface area contributed by atoms with Crippen molar-refractivity contribution < 1.29 is 0 Å². The third-order valence-electron chi connectivity index (χ3n) is 2.07. The van der Waals surface area contributed by atoms with Crippen molar-refractivity contribution in [2.45, 2.75) is 22.3 Å². The Balaban J connectivity index is 2.28. The summed E-state index contributed by atoms with van der Waals surface area (Å²) in [4.78, 5) is 26.7. The van der Waals surface area contributed by atoms with Gasteiger partial charge in [-0.3, -0.25) is 4.79 Å². The van der Waals surface area contributed by atoms with Crippen LogP contribution in [0.4, 0.5) is 5.82 Å². The van der Waals surface area contributed by atoms with Gasteiger partial charge in [0.2, 0.25) is 0 Å². The average Bonchev–Trinajstić information content (AvgIpc) is 2.39. The molecule has 0 aliphatic heterocycles. The van der Waals surface area contributed by atoms with Gasteiger partial charge in [-0.15, -0.1) is 0 Å². The van der Waals surface area contributed by atoms with E-state index >= 15 is 0 Å². The second kappa shape index (κ2) is 6.58. The minimum Gasteiger partial charge on any atom is -0.370 e. The molecule has 2 rings (SSSR count). The van der Waals surface area contributed by atoms with Crippen LogP contribution in [-0.4, -0.2) is 32.7 Å². The van der Waals surface area contributed by atoms with E-state index in [1.54, 1.807) is 0 Å². The number of anilines is 1. The maximum absolute atomic E-state index is 11.2. The highest BCUT2D eigenvalue weighted by molar-refractivity contribution is 7.99. The molecule has 0 radical (unpaired) electrons. The largest absolute Gasteiger partial charge is 0.370 e. The zero-order chi connectivity index (χ0) is 13.7. The highest BCUT2D eigenvalue weighted by atomic mass is 32.2. The number of aromatic nitrogens is 4. The molecule has 2 aromatic rings. The Morgan fingerprint density at radius 1 is 1.42 bits per heavy atom. The monoisotopic (exact) mass is 295 g/mol. The minimum absolute atomic E-state index is 0.177. The number of aromatic amines is 1. The Morgan fingerprint density at radius 2 is 2.26 bits per heavy atom. The Hall–Kier alpha value is -1.54. The molecule has 0 aliphatic carbocycles. The van der Waals surface area contributed by atoms with Crippen LogP contribution in [0.2, 0.25) is 0 Å². The van der Waals surface area contributed by atoms with Gasteiger partial charge in [0.05, 0.1) is 0 Å². The van der Waals surface area contributed by atoms with E-state index in [0.717, 1.165) is 17.4 Å². The van der Waals surface area contributed by atoms with Crippen LogP contribution in [0, 0.1) is 0 Å². The molecule has 0 saturated heterocycles. The summed E-state index contributed by atoms with van der Waals surface area (Å²) in [5, 5.41) is 5.08. The number of hydrogen-bond donors (Lipinski definition) is 2. The van der Waals surface area contributed by atoms with Crippen LogP contribution in [0.1, 0.15) is 6.92 Å². The van der Waals surface area contributed by atoms with Gasteiger partial charge in [0.15, 0.2) is 10.3 Å². The normalized spacial score (nSPS) is 10.4. The summed E-state index contributed by atoms with van der Waals surface area (Å²) in [7, 11) is 0. The van der Waals surface area contributed by atoms with Crippen LogP contribution >= 0.6 is 23.5 Å². The Morgan fingerprint density at radius 3 is 2.95 bits per heavy atom. The molecule has 8 heteroatoms. The lowest BCUT2D eigenvalue weighted by atomic mass is 10.5. The second-order valence-corrected chi connectivity index (χ2v) is 5.23. The van der Waals surface area contributed by atoms with Crippen LogP contribution in [0.5, 0.6) is 0 Å². The first-order valence-electron chi connectivity index (χ1n) is 5.61. The van der Waals surface area contributed by atoms with Crippen molar-refractivity contribution >= 4 is 29.3 Å². The maximum Gasteiger partial charge on any atom is 0.251 e. The van der Waals surface area contributed by atoms with Gasteiger partial charge in [-0.25, -0.2) is 15.0 Å². The molecule has 2 N–H and O–H groups in total. The number of nitrogens with one attached hydrogen (secondary N) is 2. The van der Waals surface area contributed by atoms with Crippen LogP contribution in [-0.2, 0) is 0 Å². The van der Waals surface area contributed by atoms with Crippen molar-refractivity contribution in [3.05, 3.63) is 28.7 Å². The number of hydrogen-bond acceptors (Lipinski definition) is 7. The molecule has 0 spiro atoms. The summed E-state index contributed by atoms with van der Waals surface area (Å²) in [5.41, 5.74) is -0.177. The lowest BCUT2D eigenvalue weighted by Gasteiger charge is -2.06. The molecule has 100 valence electrons. The highest BCUT2D eigenvalue weighted by Gasteiger charge is 2.06. The summed E-state index contributed by atoms with van der Waals surface area (Å²) in [6.07, 6.45) is 3.39. The summed E-state index contributed by atoms with van der Waals surface area (Å²) in [6, 6.07) is 3.21. The molecule has 0 atom stereocenters. The van der Waals surface area contributed by atoms with Crippen molar-refractivity contribution in [3.8, 4) is 0 Å². The maximum atomic E-state index is 11.2. The fourth-order valence-electron chi connectivity index (χ4n) is 1.32. The van der Waals surface area contributed by atoms with Gasteiger partial charge in [0.25, 0.3) is 5.56 Å². The van der Waals surface area contributed by atoms with Gasteiger partial charge < -0.3 is 10.3 Å². The molecule has 0 aliphatic rings. The van der Waals surface area contributed by atoms with Crippen molar-refractivity contribution in [3.63, 3.8) is 0 Å². The van der Waals surface area contributed by atoms with E-state index in [9.17, 15) is 4.79 Å². The molecule has 6 nitrogen and oxygen atoms in total. The van der Waals surface area contributed by atoms with E-state index in [2.05, 4.69) is 25.3 Å². The average molecular weight is 295 g/mol. The Bertz CT molecular complexity index is 616. The first-order chi connectivity index (χ1) is 9.21. The zero-order valence-corrected chi connectivity index (χ0v) is 12.1. The number of nitrogens with zero attached hydrogens (tertiary/aromatic N) is 3. The number of rotatable bonds is 5. The second-order valence-electron chi connectivity index (χ2n) is 3.45. The molecular formula is C11H13N5OS2. The van der Waals surface area contributed by atoms with Crippen LogP contribution < -0.4 is 10.9 Å². The zero-order valence-electron chi connectivity index (χ0n) is 10.5. The predicted octanol–water partition coefficient (Wildman–Crippen LogP) is 1.86. The summed E-state index contributed by atoms with van der Waals surface area (Å²) in [5.74, 6) is 0.766. The SMILES string of the molecule is CCNc1cc(Sc2nccc(=O)[nH]2)nc(SC)n1. The number of thioether (sulfide) groups is 1. The van der Waals surface area contributed by atoms with E-state index in [4.69, 9.17) is 0 Å². The van der Waals surface area contributed by atoms with Gasteiger partial charge >= 0.3 is 0 Å². The summed E-state index contributed by atoms with van der Waals surface area (Å²) >= 11 is 2.77. The minimum atomic E-state index is -0.177. The molecule has 2 heterocycles. The molecular weight excluding hydrogens is 282 g/mol. The van der Waals surface area contributed by atoms with Gasteiger partial charge in [-0.1, -0.05) is 11.8 Å². The van der Waals surface area contributed by atoms with E-state index in [1.807, 2.05) is 19.2 Å². The molecule has 0 aromatic carbocycles. The third-order valence-corrected chi connectivity index (χ3v) is 3.44. The van der Waals surface area contributed by atoms with Gasteiger partial charge in [0, 0.05) is 24.9 Å². The van der Waals surface area contributed by atoms with Crippen LogP contribution in [0.3, 0.4) is 0 Å². The van der Waals surface area contributed by atoms with Crippen LogP contribution in [0.25, 0.3) is 0 Å². The quantitative estimate of drug-likeness (QED) is 0.495. The van der Waals surface area contributed by atoms with Gasteiger partial charge in [-0.2, -0.15) is 0 Å². The third kappa shape index (κ3) is 3.97. The topological polar surface area (TPSA) is 83.6 Å². The molecule has 0 unspecified atom stereocenters. The Kier molecular flexibility index (Phi) is 4.80. The lowest BCUT2D eigenvalue weighted by molar-refractivity contribution is 0.879. The molecule has 2 aromatic heterocycles. The lowest BCUT2D eigenvalue weighted by Crippen LogP contribution is -2.06. The molecule has 19 heavy (non-hydrogen) atoms. The van der Waals surface area contributed by atoms with E-state index < -0.39 is 0 Å². The molecule has 0 bridgehead atoms. The highest BCUT2D eigenvalue weighted by Crippen LogP contribution is 2.25. The van der Waals surface area contributed by atoms with Crippen LogP contribution in [0.15, 0.2) is 38.5 Å². The standard InChI is InChI=1S/C11H13N5OS2/c1-3-12-7-6-9(16-11(14-7)18-2)19-10-13-5-4-8(17)15-10/h4-6H,3H2,1-2H3,(H,12,14,16)(H,13,15,17). The van der Waals surface area contributed by atoms with Crippen molar-refractivity contribution in [1.29, 1.82) is 0 Å². The van der Waals surface area contributed by atoms with Gasteiger partial charge in [-0.05, 0) is 24.9 Å². The van der Waals surface area contributed by atoms with Crippen molar-refractivity contribution in [2.75, 3.05) is 18.1 Å².